The maximum atomic E-state index is 13.1. The van der Waals surface area contributed by atoms with Crippen molar-refractivity contribution in [1.82, 2.24) is 9.80 Å². The third-order valence-corrected chi connectivity index (χ3v) is 3.92. The molecule has 0 radical (unpaired) electrons. The Morgan fingerprint density at radius 1 is 0.962 bits per heavy atom. The zero-order chi connectivity index (χ0) is 21.0. The molecule has 7 nitrogen and oxygen atoms in total. The van der Waals surface area contributed by atoms with Gasteiger partial charge in [0.15, 0.2) is 0 Å². The average molecular weight is 373 g/mol. The normalized spacial score (nSPS) is 14.6. The number of ether oxygens (including phenoxy) is 1. The molecular weight excluding hydrogens is 336 g/mol. The van der Waals surface area contributed by atoms with Crippen molar-refractivity contribution in [2.24, 2.45) is 11.3 Å². The first-order valence-corrected chi connectivity index (χ1v) is 8.94. The number of rotatable bonds is 6. The monoisotopic (exact) mass is 372 g/mol. The van der Waals surface area contributed by atoms with Gasteiger partial charge in [-0.25, -0.2) is 9.59 Å². The van der Waals surface area contributed by atoms with Crippen LogP contribution in [0, 0.1) is 11.3 Å². The number of hydrogen-bond acceptors (Lipinski definition) is 4. The smallest absolute Gasteiger partial charge is 0.410 e. The summed E-state index contributed by atoms with van der Waals surface area (Å²) in [5.41, 5.74) is -1.33. The third-order valence-electron chi connectivity index (χ3n) is 3.92. The van der Waals surface area contributed by atoms with Crippen molar-refractivity contribution in [3.05, 3.63) is 0 Å². The van der Waals surface area contributed by atoms with Crippen LogP contribution in [0.1, 0.15) is 61.8 Å². The molecule has 0 bridgehead atoms. The highest BCUT2D eigenvalue weighted by Crippen LogP contribution is 2.26. The second kappa shape index (κ2) is 8.73. The van der Waals surface area contributed by atoms with Crippen LogP contribution in [-0.2, 0) is 14.3 Å². The Labute approximate surface area is 157 Å². The number of carboxylic acids is 1. The van der Waals surface area contributed by atoms with Gasteiger partial charge in [-0.1, -0.05) is 34.6 Å². The molecule has 0 spiro atoms. The summed E-state index contributed by atoms with van der Waals surface area (Å²) in [6.45, 7) is 14.5. The van der Waals surface area contributed by atoms with Gasteiger partial charge < -0.3 is 14.7 Å². The summed E-state index contributed by atoms with van der Waals surface area (Å²) in [5, 5.41) is 9.59. The van der Waals surface area contributed by atoms with Crippen LogP contribution < -0.4 is 0 Å². The Morgan fingerprint density at radius 3 is 1.73 bits per heavy atom. The molecule has 26 heavy (non-hydrogen) atoms. The second-order valence-electron chi connectivity index (χ2n) is 9.29. The van der Waals surface area contributed by atoms with E-state index in [-0.39, 0.29) is 5.92 Å². The molecule has 0 aliphatic carbocycles. The van der Waals surface area contributed by atoms with Crippen LogP contribution in [0.25, 0.3) is 0 Å². The van der Waals surface area contributed by atoms with Gasteiger partial charge in [-0.2, -0.15) is 0 Å². The number of nitrogens with zero attached hydrogens (tertiary/aromatic N) is 2. The summed E-state index contributed by atoms with van der Waals surface area (Å²) in [7, 11) is 2.99. The number of likely N-dealkylation sites (N-methyl/N-ethyl adjacent to an activating group) is 2. The summed E-state index contributed by atoms with van der Waals surface area (Å²) in [5.74, 6) is -1.34. The van der Waals surface area contributed by atoms with Crippen molar-refractivity contribution in [2.75, 3.05) is 14.1 Å². The summed E-state index contributed by atoms with van der Waals surface area (Å²) in [4.78, 5) is 39.8. The van der Waals surface area contributed by atoms with E-state index in [0.29, 0.717) is 6.42 Å². The maximum Gasteiger partial charge on any atom is 0.410 e. The predicted molar refractivity (Wildman–Crippen MR) is 101 cm³/mol. The van der Waals surface area contributed by atoms with E-state index in [1.165, 1.54) is 23.9 Å². The molecule has 0 aliphatic heterocycles. The minimum Gasteiger partial charge on any atom is -0.480 e. The predicted octanol–water partition coefficient (Wildman–Crippen LogP) is 3.23. The lowest BCUT2D eigenvalue weighted by Crippen LogP contribution is -2.57. The van der Waals surface area contributed by atoms with E-state index in [2.05, 4.69) is 0 Å². The highest BCUT2D eigenvalue weighted by Gasteiger charge is 2.41. The molecule has 2 amide bonds. The Morgan fingerprint density at radius 2 is 1.42 bits per heavy atom. The van der Waals surface area contributed by atoms with Gasteiger partial charge in [-0.3, -0.25) is 9.69 Å². The molecule has 7 heteroatoms. The van der Waals surface area contributed by atoms with E-state index < -0.39 is 41.1 Å². The lowest BCUT2D eigenvalue weighted by molar-refractivity contribution is -0.155. The molecule has 2 unspecified atom stereocenters. The lowest BCUT2D eigenvalue weighted by atomic mass is 9.85. The van der Waals surface area contributed by atoms with E-state index >= 15 is 0 Å². The van der Waals surface area contributed by atoms with E-state index in [9.17, 15) is 19.5 Å². The van der Waals surface area contributed by atoms with Crippen LogP contribution in [0.5, 0.6) is 0 Å². The first-order chi connectivity index (χ1) is 11.5. The van der Waals surface area contributed by atoms with Gasteiger partial charge >= 0.3 is 12.1 Å². The zero-order valence-electron chi connectivity index (χ0n) is 17.9. The molecule has 0 aliphatic rings. The highest BCUT2D eigenvalue weighted by molar-refractivity contribution is 5.89. The standard InChI is InChI=1S/C19H36N2O5/c1-12(2)11-13(20(9)17(25)26-19(6,7)8)15(22)21(10)14(16(23)24)18(3,4)5/h12-14H,11H2,1-10H3,(H,23,24). The number of carbonyl (C=O) groups excluding carboxylic acids is 2. The number of carboxylic acid groups (broad SMARTS) is 1. The fourth-order valence-corrected chi connectivity index (χ4v) is 2.81. The van der Waals surface area contributed by atoms with Crippen LogP contribution in [0.3, 0.4) is 0 Å². The van der Waals surface area contributed by atoms with E-state index in [1.54, 1.807) is 41.5 Å². The minimum atomic E-state index is -1.07. The van der Waals surface area contributed by atoms with Crippen molar-refractivity contribution in [2.45, 2.75) is 79.5 Å². The van der Waals surface area contributed by atoms with E-state index in [4.69, 9.17) is 4.74 Å². The largest absolute Gasteiger partial charge is 0.480 e. The molecule has 0 aromatic heterocycles. The highest BCUT2D eigenvalue weighted by atomic mass is 16.6. The zero-order valence-corrected chi connectivity index (χ0v) is 17.9. The molecule has 0 saturated carbocycles. The van der Waals surface area contributed by atoms with Crippen LogP contribution in [-0.4, -0.2) is 64.7 Å². The molecule has 0 aromatic carbocycles. The SMILES string of the molecule is CC(C)CC(C(=O)N(C)C(C(=O)O)C(C)(C)C)N(C)C(=O)OC(C)(C)C. The number of hydrogen-bond donors (Lipinski definition) is 1. The molecule has 0 aromatic rings. The van der Waals surface area contributed by atoms with Gasteiger partial charge in [-0.05, 0) is 38.5 Å². The summed E-state index contributed by atoms with van der Waals surface area (Å²) >= 11 is 0. The number of aliphatic carboxylic acids is 1. The van der Waals surface area contributed by atoms with Crippen LogP contribution in [0.4, 0.5) is 4.79 Å². The summed E-state index contributed by atoms with van der Waals surface area (Å²) < 4.78 is 5.37. The first kappa shape index (κ1) is 24.2. The van der Waals surface area contributed by atoms with Crippen LogP contribution >= 0.6 is 0 Å². The lowest BCUT2D eigenvalue weighted by Gasteiger charge is -2.39. The van der Waals surface area contributed by atoms with Crippen molar-refractivity contribution < 1.29 is 24.2 Å². The Kier molecular flexibility index (Phi) is 8.13. The molecule has 0 rings (SSSR count). The topological polar surface area (TPSA) is 87.2 Å². The van der Waals surface area contributed by atoms with Crippen molar-refractivity contribution >= 4 is 18.0 Å². The van der Waals surface area contributed by atoms with Crippen molar-refractivity contribution in [3.8, 4) is 0 Å². The molecule has 2 atom stereocenters. The molecule has 0 saturated heterocycles. The Balaban J connectivity index is 5.68. The molecule has 1 N–H and O–H groups in total. The van der Waals surface area contributed by atoms with Crippen LogP contribution in [0.15, 0.2) is 0 Å². The average Bonchev–Trinajstić information content (AvgIpc) is 2.38. The maximum absolute atomic E-state index is 13.1. The number of amides is 2. The first-order valence-electron chi connectivity index (χ1n) is 8.94. The van der Waals surface area contributed by atoms with Gasteiger partial charge in [-0.15, -0.1) is 0 Å². The summed E-state index contributed by atoms with van der Waals surface area (Å²) in [6, 6.07) is -1.80. The molecule has 0 fully saturated rings. The second-order valence-corrected chi connectivity index (χ2v) is 9.29. The Bertz CT molecular complexity index is 517. The molecule has 152 valence electrons. The van der Waals surface area contributed by atoms with E-state index in [0.717, 1.165) is 0 Å². The van der Waals surface area contributed by atoms with Crippen molar-refractivity contribution in [1.29, 1.82) is 0 Å². The fraction of sp³-hybridized carbons (Fsp3) is 0.842. The number of carbonyl (C=O) groups is 3. The third kappa shape index (κ3) is 7.22. The van der Waals surface area contributed by atoms with E-state index in [1.807, 2.05) is 13.8 Å². The molecular formula is C19H36N2O5. The van der Waals surface area contributed by atoms with Gasteiger partial charge in [0.25, 0.3) is 0 Å². The molecule has 0 heterocycles. The minimum absolute atomic E-state index is 0.139. The van der Waals surface area contributed by atoms with Gasteiger partial charge in [0.1, 0.15) is 17.7 Å². The van der Waals surface area contributed by atoms with Gasteiger partial charge in [0.05, 0.1) is 0 Å². The summed E-state index contributed by atoms with van der Waals surface area (Å²) in [6.07, 6.45) is -0.192. The van der Waals surface area contributed by atoms with Crippen molar-refractivity contribution in [3.63, 3.8) is 0 Å². The van der Waals surface area contributed by atoms with Gasteiger partial charge in [0, 0.05) is 14.1 Å². The fourth-order valence-electron chi connectivity index (χ4n) is 2.81. The van der Waals surface area contributed by atoms with Crippen LogP contribution in [0.2, 0.25) is 0 Å². The van der Waals surface area contributed by atoms with Gasteiger partial charge in [0.2, 0.25) is 5.91 Å². The quantitative estimate of drug-likeness (QED) is 0.773. The Hall–Kier alpha value is -1.79.